The molecule has 1 atom stereocenters. The van der Waals surface area contributed by atoms with E-state index in [0.29, 0.717) is 38.9 Å². The number of fused-ring (bicyclic) bond motifs is 1. The van der Waals surface area contributed by atoms with Crippen LogP contribution in [0.2, 0.25) is 5.02 Å². The van der Waals surface area contributed by atoms with Crippen LogP contribution in [-0.4, -0.2) is 32.9 Å². The number of carboxylic acid groups (broad SMARTS) is 1. The molecule has 5 rings (SSSR count). The molecule has 1 aliphatic heterocycles. The van der Waals surface area contributed by atoms with Crippen LogP contribution in [-0.2, 0) is 4.79 Å². The van der Waals surface area contributed by atoms with Crippen LogP contribution >= 0.6 is 11.6 Å². The van der Waals surface area contributed by atoms with E-state index in [0.717, 1.165) is 0 Å². The number of pyridine rings is 1. The van der Waals surface area contributed by atoms with Gasteiger partial charge in [-0.2, -0.15) is 4.98 Å². The third-order valence-corrected chi connectivity index (χ3v) is 5.79. The van der Waals surface area contributed by atoms with Gasteiger partial charge >= 0.3 is 12.0 Å². The minimum atomic E-state index is -1.15. The lowest BCUT2D eigenvalue weighted by Gasteiger charge is -2.27. The van der Waals surface area contributed by atoms with Crippen molar-refractivity contribution in [2.24, 2.45) is 4.99 Å². The average molecular weight is 503 g/mol. The maximum atomic E-state index is 13.4. The van der Waals surface area contributed by atoms with Crippen LogP contribution in [0, 0.1) is 0 Å². The first-order valence-corrected chi connectivity index (χ1v) is 11.2. The van der Waals surface area contributed by atoms with E-state index < -0.39 is 17.9 Å². The molecule has 2 aromatic heterocycles. The van der Waals surface area contributed by atoms with Gasteiger partial charge in [-0.25, -0.2) is 9.79 Å². The van der Waals surface area contributed by atoms with Gasteiger partial charge < -0.3 is 20.2 Å². The lowest BCUT2D eigenvalue weighted by molar-refractivity contribution is -0.113. The molecule has 180 valence electrons. The Bertz CT molecular complexity index is 1530. The predicted molar refractivity (Wildman–Crippen MR) is 135 cm³/mol. The van der Waals surface area contributed by atoms with Crippen molar-refractivity contribution in [3.63, 3.8) is 0 Å². The molecule has 0 aliphatic carbocycles. The van der Waals surface area contributed by atoms with Gasteiger partial charge in [0, 0.05) is 22.5 Å². The number of allylic oxidation sites excluding steroid dienone is 1. The summed E-state index contributed by atoms with van der Waals surface area (Å²) in [7, 11) is 0. The summed E-state index contributed by atoms with van der Waals surface area (Å²) in [6.45, 7) is 1.73. The number of para-hydroxylation sites is 2. The molecule has 36 heavy (non-hydrogen) atoms. The molecule has 4 N–H and O–H groups in total. The van der Waals surface area contributed by atoms with E-state index in [4.69, 9.17) is 21.0 Å². The second kappa shape index (κ2) is 9.51. The summed E-state index contributed by atoms with van der Waals surface area (Å²) in [6.07, 6.45) is 2.57. The van der Waals surface area contributed by atoms with Gasteiger partial charge in [0.15, 0.2) is 5.58 Å². The number of halogens is 1. The zero-order valence-corrected chi connectivity index (χ0v) is 19.6. The molecule has 1 amide bonds. The SMILES string of the molecule is CC1=C(C(=O)Nc2cncc(C(=O)O)c2)C(c2ccccc2Cl)N=C(Nc2nc3ccccc3o2)N1. The van der Waals surface area contributed by atoms with Gasteiger partial charge in [0.1, 0.15) is 11.6 Å². The van der Waals surface area contributed by atoms with E-state index in [1.165, 1.54) is 18.5 Å². The molecule has 10 nitrogen and oxygen atoms in total. The summed E-state index contributed by atoms with van der Waals surface area (Å²) >= 11 is 6.48. The van der Waals surface area contributed by atoms with Crippen molar-refractivity contribution in [1.82, 2.24) is 15.3 Å². The highest BCUT2D eigenvalue weighted by Gasteiger charge is 2.31. The van der Waals surface area contributed by atoms with Crippen LogP contribution in [0.5, 0.6) is 0 Å². The number of benzene rings is 2. The summed E-state index contributed by atoms with van der Waals surface area (Å²) in [5, 5.41) is 18.5. The zero-order chi connectivity index (χ0) is 25.2. The molecule has 2 aromatic carbocycles. The summed E-state index contributed by atoms with van der Waals surface area (Å²) in [4.78, 5) is 37.7. The molecule has 1 unspecified atom stereocenters. The highest BCUT2D eigenvalue weighted by molar-refractivity contribution is 6.31. The fraction of sp³-hybridized carbons (Fsp3) is 0.0800. The molecular formula is C25H19ClN6O4. The maximum Gasteiger partial charge on any atom is 0.337 e. The van der Waals surface area contributed by atoms with Gasteiger partial charge in [0.2, 0.25) is 5.96 Å². The molecule has 0 radical (unpaired) electrons. The number of aliphatic imine (C=N–C) groups is 1. The Balaban J connectivity index is 1.48. The lowest BCUT2D eigenvalue weighted by Crippen LogP contribution is -2.37. The fourth-order valence-corrected chi connectivity index (χ4v) is 4.05. The number of rotatable bonds is 5. The van der Waals surface area contributed by atoms with Crippen molar-refractivity contribution < 1.29 is 19.1 Å². The number of guanidine groups is 1. The summed E-state index contributed by atoms with van der Waals surface area (Å²) in [5.74, 6) is -1.32. The number of oxazole rings is 1. The van der Waals surface area contributed by atoms with Gasteiger partial charge in [-0.15, -0.1) is 0 Å². The molecule has 0 saturated heterocycles. The molecule has 4 aromatic rings. The molecule has 0 fully saturated rings. The van der Waals surface area contributed by atoms with Crippen LogP contribution < -0.4 is 16.0 Å². The number of nitrogens with zero attached hydrogens (tertiary/aromatic N) is 3. The molecule has 3 heterocycles. The minimum absolute atomic E-state index is 0.0502. The standard InChI is InChI=1S/C25H19ClN6O4/c1-13-20(22(33)29-15-10-14(23(34)35)11-27-12-15)21(16-6-2-3-7-17(16)26)31-24(28-13)32-25-30-18-8-4-5-9-19(18)36-25/h2-12,21H,1H3,(H,29,33)(H,34,35)(H2,28,30,31,32). The third kappa shape index (κ3) is 4.62. The van der Waals surface area contributed by atoms with Crippen molar-refractivity contribution in [2.45, 2.75) is 13.0 Å². The number of carbonyl (C=O) groups is 2. The van der Waals surface area contributed by atoms with Crippen molar-refractivity contribution >= 4 is 52.2 Å². The molecule has 1 aliphatic rings. The Labute approximate surface area is 209 Å². The maximum absolute atomic E-state index is 13.4. The van der Waals surface area contributed by atoms with Crippen molar-refractivity contribution in [2.75, 3.05) is 10.6 Å². The first-order valence-electron chi connectivity index (χ1n) is 10.8. The van der Waals surface area contributed by atoms with E-state index >= 15 is 0 Å². The number of nitrogens with one attached hydrogen (secondary N) is 3. The Kier molecular flexibility index (Phi) is 6.09. The summed E-state index contributed by atoms with van der Waals surface area (Å²) in [6, 6.07) is 15.2. The number of hydrogen-bond acceptors (Lipinski definition) is 8. The minimum Gasteiger partial charge on any atom is -0.478 e. The smallest absolute Gasteiger partial charge is 0.337 e. The topological polar surface area (TPSA) is 142 Å². The monoisotopic (exact) mass is 502 g/mol. The number of aromatic carboxylic acids is 1. The number of carbonyl (C=O) groups excluding carboxylic acids is 1. The largest absolute Gasteiger partial charge is 0.478 e. The van der Waals surface area contributed by atoms with Gasteiger partial charge in [-0.1, -0.05) is 41.9 Å². The first-order chi connectivity index (χ1) is 17.4. The number of hydrogen-bond donors (Lipinski definition) is 4. The fourth-order valence-electron chi connectivity index (χ4n) is 3.81. The van der Waals surface area contributed by atoms with E-state index in [-0.39, 0.29) is 17.3 Å². The van der Waals surface area contributed by atoms with Gasteiger partial charge in [0.05, 0.1) is 23.0 Å². The average Bonchev–Trinajstić information content (AvgIpc) is 3.26. The van der Waals surface area contributed by atoms with Crippen molar-refractivity contribution in [3.05, 3.63) is 94.4 Å². The van der Waals surface area contributed by atoms with Crippen LogP contribution in [0.4, 0.5) is 11.7 Å². The molecular weight excluding hydrogens is 484 g/mol. The van der Waals surface area contributed by atoms with Crippen LogP contribution in [0.3, 0.4) is 0 Å². The van der Waals surface area contributed by atoms with E-state index in [1.807, 2.05) is 18.2 Å². The molecule has 11 heteroatoms. The van der Waals surface area contributed by atoms with E-state index in [9.17, 15) is 14.7 Å². The van der Waals surface area contributed by atoms with Gasteiger partial charge in [0.25, 0.3) is 5.91 Å². The number of anilines is 2. The molecule has 0 bridgehead atoms. The zero-order valence-electron chi connectivity index (χ0n) is 18.8. The first kappa shape index (κ1) is 23.1. The normalized spacial score (nSPS) is 15.3. The van der Waals surface area contributed by atoms with Crippen LogP contribution in [0.1, 0.15) is 28.9 Å². The number of amides is 1. The Hall–Kier alpha value is -4.70. The number of carboxylic acids is 1. The van der Waals surface area contributed by atoms with Gasteiger partial charge in [-0.3, -0.25) is 15.1 Å². The lowest BCUT2D eigenvalue weighted by atomic mass is 9.95. The third-order valence-electron chi connectivity index (χ3n) is 5.45. The second-order valence-electron chi connectivity index (χ2n) is 7.90. The van der Waals surface area contributed by atoms with E-state index in [1.54, 1.807) is 37.3 Å². The van der Waals surface area contributed by atoms with Crippen LogP contribution in [0.25, 0.3) is 11.1 Å². The quantitative estimate of drug-likeness (QED) is 0.310. The Morgan fingerprint density at radius 2 is 1.89 bits per heavy atom. The van der Waals surface area contributed by atoms with Gasteiger partial charge in [-0.05, 0) is 31.2 Å². The van der Waals surface area contributed by atoms with E-state index in [2.05, 4.69) is 25.9 Å². The highest BCUT2D eigenvalue weighted by Crippen LogP contribution is 2.35. The van der Waals surface area contributed by atoms with Crippen molar-refractivity contribution in [1.29, 1.82) is 0 Å². The summed E-state index contributed by atoms with van der Waals surface area (Å²) in [5.41, 5.74) is 2.90. The number of aromatic nitrogens is 2. The highest BCUT2D eigenvalue weighted by atomic mass is 35.5. The van der Waals surface area contributed by atoms with Crippen molar-refractivity contribution in [3.8, 4) is 0 Å². The summed E-state index contributed by atoms with van der Waals surface area (Å²) < 4.78 is 5.74. The second-order valence-corrected chi connectivity index (χ2v) is 8.31. The van der Waals surface area contributed by atoms with Crippen LogP contribution in [0.15, 0.2) is 87.7 Å². The molecule has 0 saturated carbocycles. The Morgan fingerprint density at radius 1 is 1.11 bits per heavy atom. The molecule has 0 spiro atoms. The predicted octanol–water partition coefficient (Wildman–Crippen LogP) is 4.60. The Morgan fingerprint density at radius 3 is 2.67 bits per heavy atom.